The predicted molar refractivity (Wildman–Crippen MR) is 109 cm³/mol. The number of nitrogens with zero attached hydrogens (tertiary/aromatic N) is 1. The third-order valence-corrected chi connectivity index (χ3v) is 5.50. The average Bonchev–Trinajstić information content (AvgIpc) is 2.91. The fourth-order valence-electron chi connectivity index (χ4n) is 3.17. The Labute approximate surface area is 160 Å². The zero-order valence-corrected chi connectivity index (χ0v) is 17.3. The first kappa shape index (κ1) is 20.2. The van der Waals surface area contributed by atoms with E-state index in [0.717, 1.165) is 29.7 Å². The SMILES string of the molecule is CCCc1cc(C(=O)N(C)CC(=O)Nc2c(C)cc(C)cc2C)sc1C. The first-order chi connectivity index (χ1) is 12.2. The summed E-state index contributed by atoms with van der Waals surface area (Å²) < 4.78 is 0. The van der Waals surface area contributed by atoms with Gasteiger partial charge in [0.2, 0.25) is 5.91 Å². The first-order valence-electron chi connectivity index (χ1n) is 8.95. The molecule has 0 bridgehead atoms. The third-order valence-electron chi connectivity index (χ3n) is 4.42. The zero-order chi connectivity index (χ0) is 19.4. The Morgan fingerprint density at radius 2 is 1.69 bits per heavy atom. The highest BCUT2D eigenvalue weighted by Gasteiger charge is 2.19. The number of benzene rings is 1. The highest BCUT2D eigenvalue weighted by atomic mass is 32.1. The number of carbonyl (C=O) groups is 2. The van der Waals surface area contributed by atoms with E-state index in [4.69, 9.17) is 0 Å². The number of hydrogen-bond donors (Lipinski definition) is 1. The molecule has 140 valence electrons. The van der Waals surface area contributed by atoms with Gasteiger partial charge in [-0.2, -0.15) is 0 Å². The molecule has 2 aromatic rings. The van der Waals surface area contributed by atoms with E-state index in [9.17, 15) is 9.59 Å². The lowest BCUT2D eigenvalue weighted by Crippen LogP contribution is -2.34. The van der Waals surface area contributed by atoms with Gasteiger partial charge < -0.3 is 10.2 Å². The van der Waals surface area contributed by atoms with Gasteiger partial charge in [-0.25, -0.2) is 0 Å². The van der Waals surface area contributed by atoms with Crippen LogP contribution in [0.3, 0.4) is 0 Å². The first-order valence-corrected chi connectivity index (χ1v) is 9.77. The van der Waals surface area contributed by atoms with Crippen LogP contribution >= 0.6 is 11.3 Å². The maximum Gasteiger partial charge on any atom is 0.264 e. The number of aryl methyl sites for hydroxylation is 5. The predicted octanol–water partition coefficient (Wildman–Crippen LogP) is 4.64. The maximum atomic E-state index is 12.6. The highest BCUT2D eigenvalue weighted by molar-refractivity contribution is 7.14. The van der Waals surface area contributed by atoms with E-state index in [1.807, 2.05) is 45.9 Å². The Kier molecular flexibility index (Phi) is 6.59. The van der Waals surface area contributed by atoms with Crippen LogP contribution in [0.1, 0.15) is 50.1 Å². The molecule has 2 amide bonds. The molecule has 4 nitrogen and oxygen atoms in total. The van der Waals surface area contributed by atoms with Crippen molar-refractivity contribution in [3.63, 3.8) is 0 Å². The van der Waals surface area contributed by atoms with Crippen molar-refractivity contribution in [2.24, 2.45) is 0 Å². The summed E-state index contributed by atoms with van der Waals surface area (Å²) in [4.78, 5) is 28.4. The molecule has 0 fully saturated rings. The molecule has 26 heavy (non-hydrogen) atoms. The van der Waals surface area contributed by atoms with Gasteiger partial charge in [0.1, 0.15) is 0 Å². The van der Waals surface area contributed by atoms with Crippen molar-refractivity contribution in [1.82, 2.24) is 4.90 Å². The molecule has 0 saturated heterocycles. The number of rotatable bonds is 6. The van der Waals surface area contributed by atoms with Crippen LogP contribution in [-0.2, 0) is 11.2 Å². The van der Waals surface area contributed by atoms with E-state index in [-0.39, 0.29) is 18.4 Å². The summed E-state index contributed by atoms with van der Waals surface area (Å²) >= 11 is 1.51. The van der Waals surface area contributed by atoms with Gasteiger partial charge in [-0.1, -0.05) is 31.0 Å². The highest BCUT2D eigenvalue weighted by Crippen LogP contribution is 2.24. The van der Waals surface area contributed by atoms with Crippen molar-refractivity contribution in [3.8, 4) is 0 Å². The second kappa shape index (κ2) is 8.49. The van der Waals surface area contributed by atoms with Crippen molar-refractivity contribution in [2.45, 2.75) is 47.5 Å². The van der Waals surface area contributed by atoms with Gasteiger partial charge in [0.15, 0.2) is 0 Å². The minimum absolute atomic E-state index is 0.0334. The van der Waals surface area contributed by atoms with Crippen LogP contribution in [0, 0.1) is 27.7 Å². The second-order valence-electron chi connectivity index (χ2n) is 6.93. The topological polar surface area (TPSA) is 49.4 Å². The van der Waals surface area contributed by atoms with Crippen LogP contribution in [0.15, 0.2) is 18.2 Å². The van der Waals surface area contributed by atoms with Crippen LogP contribution in [0.2, 0.25) is 0 Å². The van der Waals surface area contributed by atoms with E-state index in [1.54, 1.807) is 7.05 Å². The minimum atomic E-state index is -0.182. The van der Waals surface area contributed by atoms with Crippen LogP contribution in [0.25, 0.3) is 0 Å². The quantitative estimate of drug-likeness (QED) is 0.803. The Morgan fingerprint density at radius 3 is 2.27 bits per heavy atom. The number of amides is 2. The lowest BCUT2D eigenvalue weighted by Gasteiger charge is -2.18. The molecule has 1 aromatic heterocycles. The molecule has 1 heterocycles. The van der Waals surface area contributed by atoms with E-state index >= 15 is 0 Å². The standard InChI is InChI=1S/C21H28N2O2S/c1-7-8-17-11-18(26-16(17)5)21(25)23(6)12-19(24)22-20-14(3)9-13(2)10-15(20)4/h9-11H,7-8,12H2,1-6H3,(H,22,24). The fourth-order valence-corrected chi connectivity index (χ4v) is 4.24. The summed E-state index contributed by atoms with van der Waals surface area (Å²) in [6.07, 6.45) is 2.03. The summed E-state index contributed by atoms with van der Waals surface area (Å²) in [6.45, 7) is 10.2. The van der Waals surface area contributed by atoms with Gasteiger partial charge in [0.05, 0.1) is 11.4 Å². The maximum absolute atomic E-state index is 12.6. The number of anilines is 1. The smallest absolute Gasteiger partial charge is 0.264 e. The summed E-state index contributed by atoms with van der Waals surface area (Å²) in [5.41, 5.74) is 5.29. The third kappa shape index (κ3) is 4.73. The largest absolute Gasteiger partial charge is 0.332 e. The van der Waals surface area contributed by atoms with Crippen molar-refractivity contribution in [1.29, 1.82) is 0 Å². The Hall–Kier alpha value is -2.14. The molecule has 0 aliphatic carbocycles. The molecule has 0 radical (unpaired) electrons. The Morgan fingerprint density at radius 1 is 1.08 bits per heavy atom. The van der Waals surface area contributed by atoms with Crippen LogP contribution in [-0.4, -0.2) is 30.3 Å². The normalized spacial score (nSPS) is 10.7. The number of thiophene rings is 1. The van der Waals surface area contributed by atoms with E-state index in [2.05, 4.69) is 12.2 Å². The fraction of sp³-hybridized carbons (Fsp3) is 0.429. The van der Waals surface area contributed by atoms with Gasteiger partial charge in [0, 0.05) is 17.6 Å². The molecule has 5 heteroatoms. The van der Waals surface area contributed by atoms with E-state index in [1.165, 1.54) is 32.2 Å². The zero-order valence-electron chi connectivity index (χ0n) is 16.5. The average molecular weight is 373 g/mol. The van der Waals surface area contributed by atoms with Crippen LogP contribution in [0.5, 0.6) is 0 Å². The summed E-state index contributed by atoms with van der Waals surface area (Å²) in [5, 5.41) is 2.95. The summed E-state index contributed by atoms with van der Waals surface area (Å²) in [6, 6.07) is 6.05. The summed E-state index contributed by atoms with van der Waals surface area (Å²) in [5.74, 6) is -0.286. The second-order valence-corrected chi connectivity index (χ2v) is 8.18. The van der Waals surface area contributed by atoms with Gasteiger partial charge in [-0.15, -0.1) is 11.3 Å². The van der Waals surface area contributed by atoms with E-state index < -0.39 is 0 Å². The van der Waals surface area contributed by atoms with Gasteiger partial charge >= 0.3 is 0 Å². The molecule has 0 aliphatic heterocycles. The Bertz CT molecular complexity index is 800. The molecular formula is C21H28N2O2S. The van der Waals surface area contributed by atoms with Crippen LogP contribution in [0.4, 0.5) is 5.69 Å². The van der Waals surface area contributed by atoms with Crippen molar-refractivity contribution in [2.75, 3.05) is 18.9 Å². The van der Waals surface area contributed by atoms with Crippen molar-refractivity contribution in [3.05, 3.63) is 50.2 Å². The Balaban J connectivity index is 2.05. The lowest BCUT2D eigenvalue weighted by atomic mass is 10.1. The summed E-state index contributed by atoms with van der Waals surface area (Å²) in [7, 11) is 1.67. The molecule has 1 N–H and O–H groups in total. The van der Waals surface area contributed by atoms with Gasteiger partial charge in [0.25, 0.3) is 5.91 Å². The minimum Gasteiger partial charge on any atom is -0.332 e. The number of nitrogens with one attached hydrogen (secondary N) is 1. The van der Waals surface area contributed by atoms with E-state index in [0.29, 0.717) is 4.88 Å². The molecule has 0 spiro atoms. The molecule has 2 rings (SSSR count). The van der Waals surface area contributed by atoms with Crippen LogP contribution < -0.4 is 5.32 Å². The lowest BCUT2D eigenvalue weighted by molar-refractivity contribution is -0.116. The number of likely N-dealkylation sites (N-methyl/N-ethyl adjacent to an activating group) is 1. The van der Waals surface area contributed by atoms with Gasteiger partial charge in [-0.05, 0) is 56.9 Å². The molecule has 1 aromatic carbocycles. The number of hydrogen-bond acceptors (Lipinski definition) is 3. The monoisotopic (exact) mass is 372 g/mol. The van der Waals surface area contributed by atoms with Crippen molar-refractivity contribution < 1.29 is 9.59 Å². The molecular weight excluding hydrogens is 344 g/mol. The molecule has 0 saturated carbocycles. The molecule has 0 atom stereocenters. The van der Waals surface area contributed by atoms with Gasteiger partial charge in [-0.3, -0.25) is 9.59 Å². The molecule has 0 aliphatic rings. The molecule has 0 unspecified atom stereocenters. The van der Waals surface area contributed by atoms with Crippen molar-refractivity contribution >= 4 is 28.8 Å². The number of carbonyl (C=O) groups excluding carboxylic acids is 2.